The van der Waals surface area contributed by atoms with Crippen LogP contribution in [0.1, 0.15) is 46.7 Å². The van der Waals surface area contributed by atoms with E-state index in [9.17, 15) is 0 Å². The van der Waals surface area contributed by atoms with E-state index in [0.717, 1.165) is 12.1 Å². The van der Waals surface area contributed by atoms with Crippen molar-refractivity contribution in [1.29, 1.82) is 0 Å². The van der Waals surface area contributed by atoms with Gasteiger partial charge in [0.05, 0.1) is 11.2 Å². The number of pyridine rings is 1. The van der Waals surface area contributed by atoms with Crippen LogP contribution in [0.3, 0.4) is 0 Å². The molecule has 0 amide bonds. The molecule has 0 aromatic carbocycles. The molecule has 0 spiro atoms. The van der Waals surface area contributed by atoms with Crippen LogP contribution in [0.4, 0.5) is 0 Å². The topological polar surface area (TPSA) is 25.2 Å². The predicted molar refractivity (Wildman–Crippen MR) is 70.0 cm³/mol. The van der Waals surface area contributed by atoms with Gasteiger partial charge in [0.25, 0.3) is 0 Å². The van der Waals surface area contributed by atoms with E-state index in [-0.39, 0.29) is 5.54 Å². The van der Waals surface area contributed by atoms with Crippen LogP contribution in [0, 0.1) is 5.41 Å². The first-order chi connectivity index (χ1) is 7.29. The molecule has 2 heteroatoms. The van der Waals surface area contributed by atoms with Crippen LogP contribution in [0.5, 0.6) is 0 Å². The lowest BCUT2D eigenvalue weighted by molar-refractivity contribution is 0.289. The fourth-order valence-corrected chi connectivity index (χ4v) is 2.04. The van der Waals surface area contributed by atoms with E-state index in [0.29, 0.717) is 5.41 Å². The zero-order chi connectivity index (χ0) is 12.2. The highest BCUT2D eigenvalue weighted by molar-refractivity contribution is 5.77. The molecule has 0 aliphatic heterocycles. The summed E-state index contributed by atoms with van der Waals surface area (Å²) in [4.78, 5) is 8.85. The van der Waals surface area contributed by atoms with Crippen LogP contribution >= 0.6 is 0 Å². The first-order valence-electron chi connectivity index (χ1n) is 5.75. The maximum Gasteiger partial charge on any atom is 0.0808 e. The molecule has 0 aliphatic carbocycles. The van der Waals surface area contributed by atoms with Crippen molar-refractivity contribution in [2.24, 2.45) is 10.4 Å². The van der Waals surface area contributed by atoms with Gasteiger partial charge in [-0.1, -0.05) is 26.8 Å². The summed E-state index contributed by atoms with van der Waals surface area (Å²) < 4.78 is 0. The maximum absolute atomic E-state index is 4.62. The minimum Gasteiger partial charge on any atom is -0.285 e. The van der Waals surface area contributed by atoms with Gasteiger partial charge in [-0.25, -0.2) is 0 Å². The van der Waals surface area contributed by atoms with Crippen molar-refractivity contribution in [2.75, 3.05) is 0 Å². The monoisotopic (exact) mass is 218 g/mol. The summed E-state index contributed by atoms with van der Waals surface area (Å²) in [7, 11) is 0. The summed E-state index contributed by atoms with van der Waals surface area (Å²) in [5.41, 5.74) is 1.19. The molecule has 0 fully saturated rings. The fourth-order valence-electron chi connectivity index (χ4n) is 2.04. The zero-order valence-electron chi connectivity index (χ0n) is 11.0. The Morgan fingerprint density at radius 3 is 2.38 bits per heavy atom. The smallest absolute Gasteiger partial charge is 0.0808 e. The Balaban J connectivity index is 2.69. The number of hydrogen-bond acceptors (Lipinski definition) is 2. The lowest BCUT2D eigenvalue weighted by Crippen LogP contribution is -2.25. The van der Waals surface area contributed by atoms with Crippen LogP contribution in [0.25, 0.3) is 0 Å². The van der Waals surface area contributed by atoms with Crippen LogP contribution in [0.2, 0.25) is 0 Å². The minimum absolute atomic E-state index is 0.0320. The average molecular weight is 218 g/mol. The van der Waals surface area contributed by atoms with Crippen LogP contribution in [-0.4, -0.2) is 16.7 Å². The van der Waals surface area contributed by atoms with Gasteiger partial charge in [0.2, 0.25) is 0 Å². The highest BCUT2D eigenvalue weighted by atomic mass is 14.8. The van der Waals surface area contributed by atoms with Gasteiger partial charge in [0.15, 0.2) is 0 Å². The van der Waals surface area contributed by atoms with Gasteiger partial charge in [-0.15, -0.1) is 0 Å². The Morgan fingerprint density at radius 1 is 1.19 bits per heavy atom. The number of hydrogen-bond donors (Lipinski definition) is 0. The lowest BCUT2D eigenvalue weighted by atomic mass is 9.82. The zero-order valence-corrected chi connectivity index (χ0v) is 11.0. The van der Waals surface area contributed by atoms with Gasteiger partial charge >= 0.3 is 0 Å². The van der Waals surface area contributed by atoms with E-state index in [4.69, 9.17) is 0 Å². The fraction of sp³-hybridized carbons (Fsp3) is 0.571. The molecular weight excluding hydrogens is 196 g/mol. The molecule has 2 nitrogen and oxygen atoms in total. The third kappa shape index (κ3) is 5.06. The first-order valence-corrected chi connectivity index (χ1v) is 5.75. The summed E-state index contributed by atoms with van der Waals surface area (Å²) in [5, 5.41) is 0. The molecule has 1 heterocycles. The molecule has 0 unspecified atom stereocenters. The normalized spacial score (nSPS) is 13.3. The van der Waals surface area contributed by atoms with Crippen molar-refractivity contribution in [3.05, 3.63) is 30.1 Å². The van der Waals surface area contributed by atoms with Gasteiger partial charge < -0.3 is 0 Å². The van der Waals surface area contributed by atoms with Crippen molar-refractivity contribution in [3.63, 3.8) is 0 Å². The number of rotatable bonds is 3. The van der Waals surface area contributed by atoms with E-state index < -0.39 is 0 Å². The SMILES string of the molecule is CC(C)(C)CC(C)(C)N=Cc1ccccn1. The third-order valence-corrected chi connectivity index (χ3v) is 2.20. The summed E-state index contributed by atoms with van der Waals surface area (Å²) in [6.07, 6.45) is 4.72. The van der Waals surface area contributed by atoms with E-state index in [1.165, 1.54) is 0 Å². The molecule has 0 radical (unpaired) electrons. The highest BCUT2D eigenvalue weighted by Gasteiger charge is 2.23. The van der Waals surface area contributed by atoms with Crippen molar-refractivity contribution in [2.45, 2.75) is 46.6 Å². The highest BCUT2D eigenvalue weighted by Crippen LogP contribution is 2.29. The Hall–Kier alpha value is -1.18. The Labute approximate surface area is 98.8 Å². The van der Waals surface area contributed by atoms with Crippen molar-refractivity contribution >= 4 is 6.21 Å². The molecule has 0 aliphatic rings. The van der Waals surface area contributed by atoms with Gasteiger partial charge in [-0.3, -0.25) is 9.98 Å². The molecule has 1 aromatic rings. The summed E-state index contributed by atoms with van der Waals surface area (Å²) in [6.45, 7) is 11.1. The Bertz CT molecular complexity index is 345. The van der Waals surface area contributed by atoms with Gasteiger partial charge in [-0.2, -0.15) is 0 Å². The van der Waals surface area contributed by atoms with Crippen LogP contribution < -0.4 is 0 Å². The van der Waals surface area contributed by atoms with Crippen molar-refractivity contribution < 1.29 is 0 Å². The molecule has 16 heavy (non-hydrogen) atoms. The van der Waals surface area contributed by atoms with Crippen LogP contribution in [0.15, 0.2) is 29.4 Å². The van der Waals surface area contributed by atoms with E-state index in [1.807, 2.05) is 24.4 Å². The molecule has 0 saturated heterocycles. The van der Waals surface area contributed by atoms with Crippen molar-refractivity contribution in [1.82, 2.24) is 4.98 Å². The largest absolute Gasteiger partial charge is 0.285 e. The minimum atomic E-state index is -0.0320. The standard InChI is InChI=1S/C14H22N2/c1-13(2,3)11-14(4,5)16-10-12-8-6-7-9-15-12/h6-10H,11H2,1-5H3. The first kappa shape index (κ1) is 12.9. The summed E-state index contributed by atoms with van der Waals surface area (Å²) in [6, 6.07) is 5.86. The number of aromatic nitrogens is 1. The second-order valence-electron chi connectivity index (χ2n) is 6.06. The molecule has 0 N–H and O–H groups in total. The molecule has 0 bridgehead atoms. The molecule has 0 atom stereocenters. The molecule has 0 saturated carbocycles. The van der Waals surface area contributed by atoms with Crippen LogP contribution in [-0.2, 0) is 0 Å². The average Bonchev–Trinajstić information content (AvgIpc) is 2.13. The number of aliphatic imine (C=N–C) groups is 1. The van der Waals surface area contributed by atoms with E-state index >= 15 is 0 Å². The van der Waals surface area contributed by atoms with Gasteiger partial charge in [0.1, 0.15) is 0 Å². The molecular formula is C14H22N2. The second-order valence-corrected chi connectivity index (χ2v) is 6.06. The number of nitrogens with zero attached hydrogens (tertiary/aromatic N) is 2. The van der Waals surface area contributed by atoms with E-state index in [1.54, 1.807) is 6.20 Å². The quantitative estimate of drug-likeness (QED) is 0.710. The Morgan fingerprint density at radius 2 is 1.88 bits per heavy atom. The molecule has 1 rings (SSSR count). The summed E-state index contributed by atoms with van der Waals surface area (Å²) >= 11 is 0. The second kappa shape index (κ2) is 4.77. The third-order valence-electron chi connectivity index (χ3n) is 2.20. The van der Waals surface area contributed by atoms with Gasteiger partial charge in [0, 0.05) is 12.4 Å². The van der Waals surface area contributed by atoms with Gasteiger partial charge in [-0.05, 0) is 37.8 Å². The lowest BCUT2D eigenvalue weighted by Gasteiger charge is -2.28. The molecule has 88 valence electrons. The Kier molecular flexibility index (Phi) is 3.84. The predicted octanol–water partition coefficient (Wildman–Crippen LogP) is 3.72. The molecule has 1 aromatic heterocycles. The maximum atomic E-state index is 4.62. The summed E-state index contributed by atoms with van der Waals surface area (Å²) in [5.74, 6) is 0. The van der Waals surface area contributed by atoms with Crippen molar-refractivity contribution in [3.8, 4) is 0 Å². The van der Waals surface area contributed by atoms with E-state index in [2.05, 4.69) is 44.6 Å².